The van der Waals surface area contributed by atoms with Crippen molar-refractivity contribution in [1.82, 2.24) is 9.80 Å². The number of halogens is 1. The summed E-state index contributed by atoms with van der Waals surface area (Å²) in [5.41, 5.74) is 6.38. The van der Waals surface area contributed by atoms with Crippen LogP contribution >= 0.6 is 0 Å². The molecule has 0 unspecified atom stereocenters. The lowest BCUT2D eigenvalue weighted by molar-refractivity contribution is 0.194. The highest BCUT2D eigenvalue weighted by Gasteiger charge is 2.20. The van der Waals surface area contributed by atoms with Gasteiger partial charge in [-0.2, -0.15) is 0 Å². The van der Waals surface area contributed by atoms with Crippen LogP contribution in [0.5, 0.6) is 0 Å². The number of hydrogen-bond acceptors (Lipinski definition) is 2. The monoisotopic (exact) mass is 293 g/mol. The Morgan fingerprint density at radius 2 is 2.14 bits per heavy atom. The molecule has 0 aliphatic carbocycles. The van der Waals surface area contributed by atoms with Crippen LogP contribution in [0.15, 0.2) is 24.3 Å². The molecule has 21 heavy (non-hydrogen) atoms. The van der Waals surface area contributed by atoms with Crippen LogP contribution in [0.3, 0.4) is 0 Å². The molecule has 1 aliphatic rings. The largest absolute Gasteiger partial charge is 0.351 e. The summed E-state index contributed by atoms with van der Waals surface area (Å²) in [7, 11) is 0. The van der Waals surface area contributed by atoms with E-state index in [-0.39, 0.29) is 11.8 Å². The Hall–Kier alpha value is -1.62. The summed E-state index contributed by atoms with van der Waals surface area (Å²) in [6.45, 7) is 5.46. The smallest absolute Gasteiger partial charge is 0.314 e. The third-order valence-corrected chi connectivity index (χ3v) is 4.21. The van der Waals surface area contributed by atoms with Crippen molar-refractivity contribution in [3.05, 3.63) is 35.6 Å². The van der Waals surface area contributed by atoms with Gasteiger partial charge in [-0.25, -0.2) is 9.18 Å². The van der Waals surface area contributed by atoms with E-state index in [4.69, 9.17) is 5.73 Å². The van der Waals surface area contributed by atoms with Crippen molar-refractivity contribution in [3.8, 4) is 0 Å². The van der Waals surface area contributed by atoms with Gasteiger partial charge >= 0.3 is 6.03 Å². The van der Waals surface area contributed by atoms with Gasteiger partial charge in [0, 0.05) is 32.2 Å². The number of rotatable bonds is 4. The minimum Gasteiger partial charge on any atom is -0.351 e. The lowest BCUT2D eigenvalue weighted by Crippen LogP contribution is -2.40. The number of carbonyl (C=O) groups is 1. The van der Waals surface area contributed by atoms with Crippen molar-refractivity contribution in [2.45, 2.75) is 32.2 Å². The topological polar surface area (TPSA) is 49.6 Å². The Balaban J connectivity index is 1.83. The summed E-state index contributed by atoms with van der Waals surface area (Å²) in [5, 5.41) is 0. The summed E-state index contributed by atoms with van der Waals surface area (Å²) >= 11 is 0. The first-order valence-electron chi connectivity index (χ1n) is 7.59. The fourth-order valence-corrected chi connectivity index (χ4v) is 2.85. The number of benzene rings is 1. The normalized spacial score (nSPS) is 18.3. The van der Waals surface area contributed by atoms with Crippen molar-refractivity contribution < 1.29 is 9.18 Å². The first-order chi connectivity index (χ1) is 10.1. The molecule has 1 saturated heterocycles. The number of carbonyl (C=O) groups excluding carboxylic acids is 1. The number of primary amides is 1. The molecule has 1 heterocycles. The highest BCUT2D eigenvalue weighted by molar-refractivity contribution is 5.71. The third-order valence-electron chi connectivity index (χ3n) is 4.21. The maximum Gasteiger partial charge on any atom is 0.314 e. The highest BCUT2D eigenvalue weighted by Crippen LogP contribution is 2.13. The minimum atomic E-state index is -0.329. The van der Waals surface area contributed by atoms with Gasteiger partial charge in [0.25, 0.3) is 0 Å². The molecule has 2 rings (SSSR count). The quantitative estimate of drug-likeness (QED) is 0.925. The summed E-state index contributed by atoms with van der Waals surface area (Å²) in [6.07, 6.45) is 2.81. The van der Waals surface area contributed by atoms with E-state index in [2.05, 4.69) is 11.8 Å². The molecule has 116 valence electrons. The lowest BCUT2D eigenvalue weighted by atomic mass is 10.0. The fourth-order valence-electron chi connectivity index (χ4n) is 2.85. The summed E-state index contributed by atoms with van der Waals surface area (Å²) < 4.78 is 13.2. The van der Waals surface area contributed by atoms with Crippen LogP contribution < -0.4 is 5.73 Å². The second-order valence-corrected chi connectivity index (χ2v) is 5.73. The van der Waals surface area contributed by atoms with Gasteiger partial charge in [0.2, 0.25) is 0 Å². The zero-order valence-electron chi connectivity index (χ0n) is 12.6. The van der Waals surface area contributed by atoms with Gasteiger partial charge in [0.15, 0.2) is 0 Å². The second-order valence-electron chi connectivity index (χ2n) is 5.73. The molecule has 0 spiro atoms. The molecule has 5 heteroatoms. The highest BCUT2D eigenvalue weighted by atomic mass is 19.1. The Morgan fingerprint density at radius 1 is 1.33 bits per heavy atom. The summed E-state index contributed by atoms with van der Waals surface area (Å²) in [4.78, 5) is 15.3. The first-order valence-corrected chi connectivity index (χ1v) is 7.59. The van der Waals surface area contributed by atoms with Crippen LogP contribution in [0, 0.1) is 5.82 Å². The predicted octanol–water partition coefficient (Wildman–Crippen LogP) is 2.23. The molecule has 0 radical (unpaired) electrons. The van der Waals surface area contributed by atoms with E-state index in [9.17, 15) is 9.18 Å². The van der Waals surface area contributed by atoms with E-state index in [1.54, 1.807) is 17.0 Å². The predicted molar refractivity (Wildman–Crippen MR) is 81.5 cm³/mol. The van der Waals surface area contributed by atoms with Crippen LogP contribution in [0.4, 0.5) is 9.18 Å². The van der Waals surface area contributed by atoms with Crippen molar-refractivity contribution >= 4 is 6.03 Å². The average molecular weight is 293 g/mol. The molecule has 1 atom stereocenters. The van der Waals surface area contributed by atoms with Crippen molar-refractivity contribution in [2.75, 3.05) is 26.2 Å². The zero-order valence-corrected chi connectivity index (χ0v) is 12.6. The maximum atomic E-state index is 13.2. The average Bonchev–Trinajstić information content (AvgIpc) is 2.71. The van der Waals surface area contributed by atoms with E-state index in [1.807, 2.05) is 6.07 Å². The number of amides is 2. The molecule has 0 bridgehead atoms. The number of urea groups is 1. The van der Waals surface area contributed by atoms with Gasteiger partial charge in [-0.05, 0) is 43.9 Å². The van der Waals surface area contributed by atoms with E-state index in [0.29, 0.717) is 12.6 Å². The minimum absolute atomic E-state index is 0.174. The van der Waals surface area contributed by atoms with Crippen LogP contribution in [0.2, 0.25) is 0 Å². The molecule has 1 aromatic carbocycles. The van der Waals surface area contributed by atoms with Crippen molar-refractivity contribution in [3.63, 3.8) is 0 Å². The molecule has 4 nitrogen and oxygen atoms in total. The molecule has 1 fully saturated rings. The Kier molecular flexibility index (Phi) is 5.56. The van der Waals surface area contributed by atoms with E-state index in [0.717, 1.165) is 44.5 Å². The van der Waals surface area contributed by atoms with Gasteiger partial charge in [0.05, 0.1) is 0 Å². The molecular weight excluding hydrogens is 269 g/mol. The molecule has 2 amide bonds. The van der Waals surface area contributed by atoms with Crippen LogP contribution in [0.1, 0.15) is 25.3 Å². The molecule has 1 aliphatic heterocycles. The van der Waals surface area contributed by atoms with E-state index >= 15 is 0 Å². The Labute approximate surface area is 125 Å². The van der Waals surface area contributed by atoms with Gasteiger partial charge in [-0.1, -0.05) is 12.1 Å². The first kappa shape index (κ1) is 15.8. The van der Waals surface area contributed by atoms with Crippen molar-refractivity contribution in [1.29, 1.82) is 0 Å². The fraction of sp³-hybridized carbons (Fsp3) is 0.562. The van der Waals surface area contributed by atoms with Gasteiger partial charge in [-0.3, -0.25) is 4.90 Å². The molecule has 0 saturated carbocycles. The molecular formula is C16H24FN3O. The van der Waals surface area contributed by atoms with Crippen LogP contribution in [0.25, 0.3) is 0 Å². The van der Waals surface area contributed by atoms with Gasteiger partial charge < -0.3 is 10.6 Å². The lowest BCUT2D eigenvalue weighted by Gasteiger charge is -2.27. The summed E-state index contributed by atoms with van der Waals surface area (Å²) in [6, 6.07) is 6.88. The van der Waals surface area contributed by atoms with Gasteiger partial charge in [0.1, 0.15) is 5.82 Å². The Morgan fingerprint density at radius 3 is 2.86 bits per heavy atom. The Bertz CT molecular complexity index is 480. The zero-order chi connectivity index (χ0) is 15.2. The molecule has 1 aromatic rings. The molecule has 0 aromatic heterocycles. The summed E-state index contributed by atoms with van der Waals surface area (Å²) in [5.74, 6) is -0.174. The van der Waals surface area contributed by atoms with E-state index in [1.165, 1.54) is 6.07 Å². The SMILES string of the molecule is C[C@H](CCc1cccc(F)c1)N1CCCN(C(N)=O)CC1. The number of aryl methyl sites for hydroxylation is 1. The standard InChI is InChI=1S/C16H24FN3O/c1-13(6-7-14-4-2-5-15(17)12-14)19-8-3-9-20(11-10-19)16(18)21/h2,4-5,12-13H,3,6-11H2,1H3,(H2,18,21)/t13-/m1/s1. The number of hydrogen-bond donors (Lipinski definition) is 1. The number of nitrogens with two attached hydrogens (primary N) is 1. The van der Waals surface area contributed by atoms with Crippen LogP contribution in [-0.4, -0.2) is 48.1 Å². The molecule has 2 N–H and O–H groups in total. The van der Waals surface area contributed by atoms with Crippen LogP contribution in [-0.2, 0) is 6.42 Å². The third kappa shape index (κ3) is 4.70. The maximum absolute atomic E-state index is 13.2. The van der Waals surface area contributed by atoms with Gasteiger partial charge in [-0.15, -0.1) is 0 Å². The number of nitrogens with zero attached hydrogens (tertiary/aromatic N) is 2. The van der Waals surface area contributed by atoms with Crippen molar-refractivity contribution in [2.24, 2.45) is 5.73 Å². The van der Waals surface area contributed by atoms with E-state index < -0.39 is 0 Å². The second kappa shape index (κ2) is 7.41.